The Morgan fingerprint density at radius 1 is 1.45 bits per heavy atom. The highest BCUT2D eigenvalue weighted by Gasteiger charge is 2.50. The number of hydrogen-bond acceptors (Lipinski definition) is 6. The Bertz CT molecular complexity index is 699. The molecular weight excluding hydrogens is 330 g/mol. The molecule has 0 fully saturated rings. The number of nitrogens with zero attached hydrogens (tertiary/aromatic N) is 1. The highest BCUT2D eigenvalue weighted by atomic mass is 35.5. The van der Waals surface area contributed by atoms with Crippen molar-refractivity contribution in [3.63, 3.8) is 0 Å². The topological polar surface area (TPSA) is 133 Å². The molecule has 122 valence electrons. The van der Waals surface area contributed by atoms with Gasteiger partial charge in [-0.05, 0) is 6.08 Å². The van der Waals surface area contributed by atoms with E-state index in [0.29, 0.717) is 6.20 Å². The van der Waals surface area contributed by atoms with Crippen LogP contribution < -0.4 is 11.2 Å². The molecule has 0 unspecified atom stereocenters. The zero-order valence-corrected chi connectivity index (χ0v) is 11.5. The van der Waals surface area contributed by atoms with E-state index >= 15 is 0 Å². The summed E-state index contributed by atoms with van der Waals surface area (Å²) in [6.45, 7) is -1.23. The average molecular weight is 341 g/mol. The van der Waals surface area contributed by atoms with Crippen LogP contribution in [0.25, 0.3) is 6.08 Å². The third-order valence-corrected chi connectivity index (χ3v) is 2.77. The monoisotopic (exact) mass is 340 g/mol. The third-order valence-electron chi connectivity index (χ3n) is 2.64. The Balaban J connectivity index is 3.36. The summed E-state index contributed by atoms with van der Waals surface area (Å²) >= 11 is 5.23. The molecule has 4 N–H and O–H groups in total. The van der Waals surface area contributed by atoms with Crippen LogP contribution in [0.2, 0.25) is 0 Å². The van der Waals surface area contributed by atoms with E-state index in [0.717, 1.165) is 11.6 Å². The number of H-pyrrole nitrogens is 1. The van der Waals surface area contributed by atoms with Crippen LogP contribution >= 0.6 is 11.6 Å². The normalized spacial score (nSPS) is 15.0. The van der Waals surface area contributed by atoms with Crippen LogP contribution in [-0.4, -0.2) is 55.5 Å². The second-order valence-electron chi connectivity index (χ2n) is 4.13. The van der Waals surface area contributed by atoms with Crippen molar-refractivity contribution in [3.05, 3.63) is 38.1 Å². The van der Waals surface area contributed by atoms with Gasteiger partial charge >= 0.3 is 17.5 Å². The fourth-order valence-electron chi connectivity index (χ4n) is 1.45. The summed E-state index contributed by atoms with van der Waals surface area (Å²) in [6, 6.07) is 0. The standard InChI is InChI=1S/C11H11ClF2N2O6/c12-2-1-5-3-16(10(22)15-8(5)20)9(21)11(13,14)7(19)6(18)4-17/h1-3,6-7,17-19H,4H2,(H,15,20,22)/t6-,7-/m1/s1. The number of hydrogen-bond donors (Lipinski definition) is 4. The van der Waals surface area contributed by atoms with Crippen LogP contribution in [0.15, 0.2) is 21.3 Å². The highest BCUT2D eigenvalue weighted by Crippen LogP contribution is 2.23. The molecule has 1 aromatic heterocycles. The van der Waals surface area contributed by atoms with Gasteiger partial charge in [0.1, 0.15) is 6.10 Å². The van der Waals surface area contributed by atoms with Gasteiger partial charge in [-0.25, -0.2) is 9.36 Å². The zero-order valence-electron chi connectivity index (χ0n) is 10.7. The second-order valence-corrected chi connectivity index (χ2v) is 4.38. The van der Waals surface area contributed by atoms with Crippen molar-refractivity contribution in [3.8, 4) is 0 Å². The van der Waals surface area contributed by atoms with Crippen molar-refractivity contribution in [2.75, 3.05) is 6.61 Å². The van der Waals surface area contributed by atoms with Crippen molar-refractivity contribution in [1.29, 1.82) is 0 Å². The first-order valence-corrected chi connectivity index (χ1v) is 6.12. The molecule has 0 bridgehead atoms. The Morgan fingerprint density at radius 2 is 2.05 bits per heavy atom. The molecule has 0 aromatic carbocycles. The fraction of sp³-hybridized carbons (Fsp3) is 0.364. The van der Waals surface area contributed by atoms with E-state index in [2.05, 4.69) is 0 Å². The average Bonchev–Trinajstić information content (AvgIpc) is 2.47. The number of aromatic amines is 1. The molecule has 11 heteroatoms. The Labute approximate surface area is 125 Å². The number of aliphatic hydroxyl groups is 3. The van der Waals surface area contributed by atoms with E-state index in [4.69, 9.17) is 21.8 Å². The van der Waals surface area contributed by atoms with Gasteiger partial charge < -0.3 is 15.3 Å². The Kier molecular flexibility index (Phi) is 5.72. The predicted octanol–water partition coefficient (Wildman–Crippen LogP) is -1.26. The lowest BCUT2D eigenvalue weighted by atomic mass is 10.1. The SMILES string of the molecule is O=C(n1cc(C=CCl)c(=O)[nH]c1=O)C(F)(F)[C@H](O)[C@H](O)CO. The number of rotatable bonds is 5. The number of carbonyl (C=O) groups excluding carboxylic acids is 1. The van der Waals surface area contributed by atoms with Gasteiger partial charge in [0.2, 0.25) is 0 Å². The number of halogens is 3. The van der Waals surface area contributed by atoms with Gasteiger partial charge in [0, 0.05) is 11.7 Å². The minimum atomic E-state index is -4.59. The van der Waals surface area contributed by atoms with Crippen molar-refractivity contribution in [2.24, 2.45) is 0 Å². The van der Waals surface area contributed by atoms with E-state index in [9.17, 15) is 28.3 Å². The summed E-state index contributed by atoms with van der Waals surface area (Å²) in [5, 5.41) is 26.7. The molecule has 0 spiro atoms. The lowest BCUT2D eigenvalue weighted by molar-refractivity contribution is -0.136. The molecule has 0 amide bonds. The molecule has 1 rings (SSSR count). The lowest BCUT2D eigenvalue weighted by Crippen LogP contribution is -2.53. The Hall–Kier alpha value is -1.88. The number of carbonyl (C=O) groups is 1. The number of aliphatic hydroxyl groups excluding tert-OH is 3. The summed E-state index contributed by atoms with van der Waals surface area (Å²) in [4.78, 5) is 36.1. The van der Waals surface area contributed by atoms with Crippen molar-refractivity contribution in [1.82, 2.24) is 9.55 Å². The van der Waals surface area contributed by atoms with Gasteiger partial charge in [-0.15, -0.1) is 0 Å². The lowest BCUT2D eigenvalue weighted by Gasteiger charge is -2.24. The second kappa shape index (κ2) is 6.92. The first-order chi connectivity index (χ1) is 10.2. The van der Waals surface area contributed by atoms with Gasteiger partial charge in [0.15, 0.2) is 6.10 Å². The molecule has 8 nitrogen and oxygen atoms in total. The van der Waals surface area contributed by atoms with E-state index < -0.39 is 41.9 Å². The molecule has 0 aliphatic heterocycles. The van der Waals surface area contributed by atoms with Crippen LogP contribution in [0.3, 0.4) is 0 Å². The van der Waals surface area contributed by atoms with Crippen molar-refractivity contribution < 1.29 is 28.9 Å². The molecule has 1 aromatic rings. The predicted molar refractivity (Wildman–Crippen MR) is 70.9 cm³/mol. The molecule has 0 aliphatic rings. The van der Waals surface area contributed by atoms with E-state index in [1.807, 2.05) is 0 Å². The minimum absolute atomic E-state index is 0.138. The van der Waals surface area contributed by atoms with Crippen LogP contribution in [0, 0.1) is 0 Å². The molecule has 0 radical (unpaired) electrons. The van der Waals surface area contributed by atoms with Gasteiger partial charge in [0.05, 0.1) is 12.2 Å². The van der Waals surface area contributed by atoms with E-state index in [1.54, 1.807) is 4.98 Å². The maximum Gasteiger partial charge on any atom is 0.353 e. The maximum atomic E-state index is 13.8. The smallest absolute Gasteiger partial charge is 0.353 e. The van der Waals surface area contributed by atoms with Gasteiger partial charge in [-0.1, -0.05) is 11.6 Å². The molecule has 22 heavy (non-hydrogen) atoms. The van der Waals surface area contributed by atoms with Crippen LogP contribution in [0.5, 0.6) is 0 Å². The van der Waals surface area contributed by atoms with Crippen molar-refractivity contribution >= 4 is 23.6 Å². The zero-order chi connectivity index (χ0) is 17.1. The number of aromatic nitrogens is 2. The maximum absolute atomic E-state index is 13.8. The molecule has 1 heterocycles. The number of nitrogens with one attached hydrogen (secondary N) is 1. The van der Waals surface area contributed by atoms with E-state index in [1.165, 1.54) is 0 Å². The third kappa shape index (κ3) is 3.47. The summed E-state index contributed by atoms with van der Waals surface area (Å²) < 4.78 is 27.4. The molecule has 2 atom stereocenters. The highest BCUT2D eigenvalue weighted by molar-refractivity contribution is 6.27. The quantitative estimate of drug-likeness (QED) is 0.528. The van der Waals surface area contributed by atoms with Gasteiger partial charge in [0.25, 0.3) is 5.56 Å². The minimum Gasteiger partial charge on any atom is -0.394 e. The van der Waals surface area contributed by atoms with Crippen LogP contribution in [0.1, 0.15) is 10.4 Å². The van der Waals surface area contributed by atoms with Gasteiger partial charge in [-0.2, -0.15) is 8.78 Å². The summed E-state index contributed by atoms with van der Waals surface area (Å²) in [5.41, 5.74) is -1.94. The molecule has 0 saturated carbocycles. The van der Waals surface area contributed by atoms with Crippen LogP contribution in [0.4, 0.5) is 8.78 Å². The largest absolute Gasteiger partial charge is 0.394 e. The Morgan fingerprint density at radius 3 is 2.55 bits per heavy atom. The first-order valence-electron chi connectivity index (χ1n) is 5.69. The summed E-state index contributed by atoms with van der Waals surface area (Å²) in [6.07, 6.45) is -3.80. The number of alkyl halides is 2. The summed E-state index contributed by atoms with van der Waals surface area (Å²) in [5.74, 6) is -6.79. The van der Waals surface area contributed by atoms with E-state index in [-0.39, 0.29) is 10.1 Å². The van der Waals surface area contributed by atoms with Gasteiger partial charge in [-0.3, -0.25) is 14.6 Å². The molecule has 0 saturated heterocycles. The van der Waals surface area contributed by atoms with Crippen molar-refractivity contribution in [2.45, 2.75) is 18.1 Å². The first kappa shape index (κ1) is 18.2. The summed E-state index contributed by atoms with van der Waals surface area (Å²) in [7, 11) is 0. The fourth-order valence-corrected chi connectivity index (χ4v) is 1.59. The molecule has 0 aliphatic carbocycles. The molecular formula is C11H11ClF2N2O6. The van der Waals surface area contributed by atoms with Crippen LogP contribution in [-0.2, 0) is 0 Å².